The Bertz CT molecular complexity index is 1370. The van der Waals surface area contributed by atoms with Gasteiger partial charge in [0.15, 0.2) is 6.10 Å². The summed E-state index contributed by atoms with van der Waals surface area (Å²) in [5, 5.41) is 0. The Balaban J connectivity index is 4.50. The summed E-state index contributed by atoms with van der Waals surface area (Å²) in [5.74, 6) is -1.00. The van der Waals surface area contributed by atoms with E-state index >= 15 is 0 Å². The number of allylic oxidation sites excluding steroid dienone is 20. The molecular formula is C57H90O6. The fourth-order valence-corrected chi connectivity index (χ4v) is 6.28. The number of hydrogen-bond donors (Lipinski definition) is 0. The fraction of sp³-hybridized carbons (Fsp3) is 0.596. The van der Waals surface area contributed by atoms with Crippen molar-refractivity contribution >= 4 is 17.9 Å². The maximum atomic E-state index is 12.8. The smallest absolute Gasteiger partial charge is 0.306 e. The van der Waals surface area contributed by atoms with E-state index in [4.69, 9.17) is 14.2 Å². The molecular weight excluding hydrogens is 781 g/mol. The number of carbonyl (C=O) groups excluding carboxylic acids is 3. The van der Waals surface area contributed by atoms with E-state index in [9.17, 15) is 14.4 Å². The summed E-state index contributed by atoms with van der Waals surface area (Å²) in [6.07, 6.45) is 69.0. The Hall–Kier alpha value is -4.19. The van der Waals surface area contributed by atoms with Crippen molar-refractivity contribution in [1.29, 1.82) is 0 Å². The van der Waals surface area contributed by atoms with Crippen molar-refractivity contribution in [3.63, 3.8) is 0 Å². The highest BCUT2D eigenvalue weighted by Crippen LogP contribution is 2.13. The minimum Gasteiger partial charge on any atom is -0.462 e. The van der Waals surface area contributed by atoms with Crippen LogP contribution < -0.4 is 0 Å². The Labute approximate surface area is 386 Å². The molecule has 354 valence electrons. The monoisotopic (exact) mass is 871 g/mol. The Morgan fingerprint density at radius 2 is 0.571 bits per heavy atom. The third-order valence-electron chi connectivity index (χ3n) is 9.94. The van der Waals surface area contributed by atoms with Crippen LogP contribution in [0.3, 0.4) is 0 Å². The van der Waals surface area contributed by atoms with Crippen molar-refractivity contribution in [2.45, 2.75) is 207 Å². The molecule has 0 aromatic rings. The SMILES string of the molecule is CC/C=C\C/C=C\C/C=C\C/C=C\C/C=C\CCCCCC(=O)OCC(COC(=O)CCCC/C=C\C/C=C\C/C=C\CC)OC(=O)CCCCCCCCC/C=C\C/C=C\CC. The molecule has 0 aliphatic rings. The molecule has 0 heterocycles. The van der Waals surface area contributed by atoms with Crippen LogP contribution in [0, 0.1) is 0 Å². The standard InChI is InChI=1S/C57H90O6/c1-4-7-10-13-16-19-22-25-27-28-29-30-31-33-35-38-41-44-47-50-56(59)62-53-54(52-61-55(58)49-46-43-40-37-34-24-21-18-15-12-9-6-3)63-57(60)51-48-45-42-39-36-32-26-23-20-17-14-11-8-5-2/h7-12,16-21,25,27,29-30,33-35,37,54H,4-6,13-15,22-24,26,28,31-32,36,38-53H2,1-3H3/b10-7-,11-8-,12-9-,19-16-,20-17-,21-18-,27-25-,30-29-,35-33-,37-34-. The molecule has 0 aliphatic heterocycles. The number of esters is 3. The van der Waals surface area contributed by atoms with Crippen molar-refractivity contribution in [2.24, 2.45) is 0 Å². The fourth-order valence-electron chi connectivity index (χ4n) is 6.28. The zero-order valence-electron chi connectivity index (χ0n) is 40.3. The lowest BCUT2D eigenvalue weighted by Crippen LogP contribution is -2.30. The van der Waals surface area contributed by atoms with Gasteiger partial charge in [-0.3, -0.25) is 14.4 Å². The highest BCUT2D eigenvalue weighted by Gasteiger charge is 2.19. The molecule has 0 rings (SSSR count). The van der Waals surface area contributed by atoms with Gasteiger partial charge in [-0.05, 0) is 122 Å². The summed E-state index contributed by atoms with van der Waals surface area (Å²) in [6.45, 7) is 6.21. The molecule has 0 aromatic heterocycles. The molecule has 0 N–H and O–H groups in total. The molecule has 63 heavy (non-hydrogen) atoms. The van der Waals surface area contributed by atoms with Crippen LogP contribution in [0.2, 0.25) is 0 Å². The average Bonchev–Trinajstić information content (AvgIpc) is 3.28. The average molecular weight is 871 g/mol. The van der Waals surface area contributed by atoms with Crippen molar-refractivity contribution in [1.82, 2.24) is 0 Å². The van der Waals surface area contributed by atoms with Crippen molar-refractivity contribution in [2.75, 3.05) is 13.2 Å². The molecule has 0 aliphatic carbocycles. The summed E-state index contributed by atoms with van der Waals surface area (Å²) in [5.41, 5.74) is 0. The van der Waals surface area contributed by atoms with Crippen LogP contribution in [0.1, 0.15) is 201 Å². The van der Waals surface area contributed by atoms with Gasteiger partial charge in [0.25, 0.3) is 0 Å². The maximum absolute atomic E-state index is 12.8. The zero-order valence-corrected chi connectivity index (χ0v) is 40.3. The number of unbranched alkanes of at least 4 members (excludes halogenated alkanes) is 12. The van der Waals surface area contributed by atoms with Gasteiger partial charge in [-0.25, -0.2) is 0 Å². The van der Waals surface area contributed by atoms with E-state index in [1.165, 1.54) is 25.7 Å². The van der Waals surface area contributed by atoms with Gasteiger partial charge in [-0.2, -0.15) is 0 Å². The first-order valence-electron chi connectivity index (χ1n) is 25.0. The van der Waals surface area contributed by atoms with Crippen molar-refractivity contribution < 1.29 is 28.6 Å². The predicted molar refractivity (Wildman–Crippen MR) is 269 cm³/mol. The molecule has 1 atom stereocenters. The van der Waals surface area contributed by atoms with Gasteiger partial charge in [0.05, 0.1) is 0 Å². The molecule has 1 unspecified atom stereocenters. The highest BCUT2D eigenvalue weighted by molar-refractivity contribution is 5.71. The van der Waals surface area contributed by atoms with E-state index in [1.54, 1.807) is 0 Å². The highest BCUT2D eigenvalue weighted by atomic mass is 16.6. The second kappa shape index (κ2) is 50.5. The molecule has 0 radical (unpaired) electrons. The summed E-state index contributed by atoms with van der Waals surface area (Å²) in [4.78, 5) is 37.9. The molecule has 0 saturated carbocycles. The molecule has 6 nitrogen and oxygen atoms in total. The third-order valence-corrected chi connectivity index (χ3v) is 9.94. The first-order valence-corrected chi connectivity index (χ1v) is 25.0. The molecule has 0 amide bonds. The van der Waals surface area contributed by atoms with Crippen LogP contribution in [0.25, 0.3) is 0 Å². The first kappa shape index (κ1) is 58.8. The summed E-state index contributed by atoms with van der Waals surface area (Å²) < 4.78 is 16.7. The van der Waals surface area contributed by atoms with Crippen LogP contribution in [0.15, 0.2) is 122 Å². The topological polar surface area (TPSA) is 78.9 Å². The molecule has 0 fully saturated rings. The second-order valence-corrected chi connectivity index (χ2v) is 15.9. The predicted octanol–water partition coefficient (Wildman–Crippen LogP) is 16.5. The number of rotatable bonds is 43. The van der Waals surface area contributed by atoms with E-state index in [1.807, 2.05) is 0 Å². The van der Waals surface area contributed by atoms with Crippen LogP contribution in [-0.4, -0.2) is 37.2 Å². The second-order valence-electron chi connectivity index (χ2n) is 15.9. The van der Waals surface area contributed by atoms with Crippen molar-refractivity contribution in [3.8, 4) is 0 Å². The van der Waals surface area contributed by atoms with Gasteiger partial charge < -0.3 is 14.2 Å². The van der Waals surface area contributed by atoms with E-state index in [0.717, 1.165) is 135 Å². The molecule has 0 spiro atoms. The lowest BCUT2D eigenvalue weighted by atomic mass is 10.1. The Kier molecular flexibility index (Phi) is 47.1. The molecule has 0 aromatic carbocycles. The number of ether oxygens (including phenoxy) is 3. The lowest BCUT2D eigenvalue weighted by Gasteiger charge is -2.18. The van der Waals surface area contributed by atoms with Gasteiger partial charge in [0, 0.05) is 19.3 Å². The molecule has 6 heteroatoms. The molecule has 0 bridgehead atoms. The van der Waals surface area contributed by atoms with Gasteiger partial charge in [0.2, 0.25) is 0 Å². The zero-order chi connectivity index (χ0) is 45.8. The van der Waals surface area contributed by atoms with Gasteiger partial charge in [-0.15, -0.1) is 0 Å². The van der Waals surface area contributed by atoms with E-state index in [0.29, 0.717) is 19.3 Å². The van der Waals surface area contributed by atoms with Crippen LogP contribution in [0.5, 0.6) is 0 Å². The van der Waals surface area contributed by atoms with Gasteiger partial charge >= 0.3 is 17.9 Å². The summed E-state index contributed by atoms with van der Waals surface area (Å²) in [6, 6.07) is 0. The van der Waals surface area contributed by atoms with E-state index < -0.39 is 6.10 Å². The van der Waals surface area contributed by atoms with Crippen molar-refractivity contribution in [3.05, 3.63) is 122 Å². The third kappa shape index (κ3) is 48.7. The largest absolute Gasteiger partial charge is 0.462 e. The van der Waals surface area contributed by atoms with E-state index in [2.05, 4.69) is 142 Å². The first-order chi connectivity index (χ1) is 31.0. The number of hydrogen-bond acceptors (Lipinski definition) is 6. The van der Waals surface area contributed by atoms with Gasteiger partial charge in [0.1, 0.15) is 13.2 Å². The lowest BCUT2D eigenvalue weighted by molar-refractivity contribution is -0.167. The van der Waals surface area contributed by atoms with Crippen LogP contribution in [-0.2, 0) is 28.6 Å². The van der Waals surface area contributed by atoms with Crippen LogP contribution >= 0.6 is 0 Å². The Morgan fingerprint density at radius 1 is 0.317 bits per heavy atom. The molecule has 0 saturated heterocycles. The summed E-state index contributed by atoms with van der Waals surface area (Å²) >= 11 is 0. The van der Waals surface area contributed by atoms with E-state index in [-0.39, 0.29) is 31.1 Å². The Morgan fingerprint density at radius 3 is 0.937 bits per heavy atom. The summed E-state index contributed by atoms with van der Waals surface area (Å²) in [7, 11) is 0. The minimum atomic E-state index is -0.814. The number of carbonyl (C=O) groups is 3. The maximum Gasteiger partial charge on any atom is 0.306 e. The minimum absolute atomic E-state index is 0.114. The normalized spacial score (nSPS) is 13.1. The quantitative estimate of drug-likeness (QED) is 0.0263. The van der Waals surface area contributed by atoms with Gasteiger partial charge in [-0.1, -0.05) is 181 Å². The van der Waals surface area contributed by atoms with Crippen LogP contribution in [0.4, 0.5) is 0 Å².